The minimum absolute atomic E-state index is 0.0213. The molecule has 1 aromatic carbocycles. The maximum atomic E-state index is 13.4. The molecule has 0 unspecified atom stereocenters. The van der Waals surface area contributed by atoms with E-state index in [9.17, 15) is 18.6 Å². The third-order valence-electron chi connectivity index (χ3n) is 5.94. The predicted molar refractivity (Wildman–Crippen MR) is 123 cm³/mol. The number of benzene rings is 1. The Morgan fingerprint density at radius 1 is 1.25 bits per heavy atom. The van der Waals surface area contributed by atoms with Crippen molar-refractivity contribution in [3.05, 3.63) is 28.9 Å². The SMILES string of the molecule is COc1ccc(-c2c(C)nc3sc(C(C)(C)O)nn23)cc1S(=O)(=O)CC1CCC(O)CC1. The largest absolute Gasteiger partial charge is 0.495 e. The van der Waals surface area contributed by atoms with Crippen LogP contribution in [-0.2, 0) is 15.4 Å². The van der Waals surface area contributed by atoms with Crippen LogP contribution >= 0.6 is 11.3 Å². The van der Waals surface area contributed by atoms with Crippen LogP contribution in [0.2, 0.25) is 0 Å². The third-order valence-corrected chi connectivity index (χ3v) is 9.07. The molecule has 10 heteroatoms. The summed E-state index contributed by atoms with van der Waals surface area (Å²) in [6, 6.07) is 5.09. The molecule has 1 fully saturated rings. The molecule has 4 rings (SSSR count). The van der Waals surface area contributed by atoms with Gasteiger partial charge in [0.15, 0.2) is 9.84 Å². The van der Waals surface area contributed by atoms with Crippen LogP contribution in [0.5, 0.6) is 5.75 Å². The van der Waals surface area contributed by atoms with Crippen molar-refractivity contribution >= 4 is 26.1 Å². The number of aryl methyl sites for hydroxylation is 1. The molecule has 1 aliphatic rings. The number of sulfone groups is 1. The number of imidazole rings is 1. The smallest absolute Gasteiger partial charge is 0.213 e. The average molecular weight is 480 g/mol. The van der Waals surface area contributed by atoms with E-state index in [0.717, 1.165) is 5.69 Å². The molecule has 0 aliphatic heterocycles. The molecule has 0 atom stereocenters. The zero-order chi connectivity index (χ0) is 23.3. The minimum atomic E-state index is -3.61. The first kappa shape index (κ1) is 23.2. The summed E-state index contributed by atoms with van der Waals surface area (Å²) >= 11 is 1.30. The van der Waals surface area contributed by atoms with Gasteiger partial charge >= 0.3 is 0 Å². The summed E-state index contributed by atoms with van der Waals surface area (Å²) in [6.07, 6.45) is 2.34. The highest BCUT2D eigenvalue weighted by Crippen LogP contribution is 2.36. The van der Waals surface area contributed by atoms with E-state index in [1.165, 1.54) is 18.4 Å². The summed E-state index contributed by atoms with van der Waals surface area (Å²) in [4.78, 5) is 5.35. The fourth-order valence-corrected chi connectivity index (χ4v) is 7.05. The minimum Gasteiger partial charge on any atom is -0.495 e. The second kappa shape index (κ2) is 8.40. The summed E-state index contributed by atoms with van der Waals surface area (Å²) in [5.41, 5.74) is 0.979. The van der Waals surface area contributed by atoms with Crippen molar-refractivity contribution < 1.29 is 23.4 Å². The maximum absolute atomic E-state index is 13.4. The van der Waals surface area contributed by atoms with Gasteiger partial charge in [0.05, 0.1) is 30.4 Å². The first-order valence-corrected chi connectivity index (χ1v) is 13.1. The number of aliphatic hydroxyl groups is 2. The van der Waals surface area contributed by atoms with Gasteiger partial charge in [-0.3, -0.25) is 0 Å². The lowest BCUT2D eigenvalue weighted by molar-refractivity contribution is 0.0773. The van der Waals surface area contributed by atoms with Crippen molar-refractivity contribution in [1.29, 1.82) is 0 Å². The van der Waals surface area contributed by atoms with E-state index in [1.54, 1.807) is 36.6 Å². The van der Waals surface area contributed by atoms with E-state index in [-0.39, 0.29) is 22.7 Å². The van der Waals surface area contributed by atoms with Crippen molar-refractivity contribution in [1.82, 2.24) is 14.6 Å². The molecule has 1 aliphatic carbocycles. The zero-order valence-corrected chi connectivity index (χ0v) is 20.3. The quantitative estimate of drug-likeness (QED) is 0.557. The van der Waals surface area contributed by atoms with Crippen LogP contribution in [-0.4, -0.2) is 52.2 Å². The van der Waals surface area contributed by atoms with Gasteiger partial charge in [-0.05, 0) is 70.6 Å². The molecule has 0 saturated heterocycles. The van der Waals surface area contributed by atoms with Crippen LogP contribution in [0.1, 0.15) is 50.2 Å². The van der Waals surface area contributed by atoms with E-state index >= 15 is 0 Å². The van der Waals surface area contributed by atoms with Gasteiger partial charge in [-0.2, -0.15) is 5.10 Å². The Hall–Kier alpha value is -2.01. The number of fused-ring (bicyclic) bond motifs is 1. The lowest BCUT2D eigenvalue weighted by Crippen LogP contribution is -2.24. The first-order chi connectivity index (χ1) is 15.0. The van der Waals surface area contributed by atoms with Gasteiger partial charge in [0.1, 0.15) is 21.3 Å². The Balaban J connectivity index is 1.75. The van der Waals surface area contributed by atoms with Gasteiger partial charge in [-0.15, -0.1) is 0 Å². The van der Waals surface area contributed by atoms with Gasteiger partial charge in [-0.25, -0.2) is 17.9 Å². The van der Waals surface area contributed by atoms with Crippen LogP contribution in [0.25, 0.3) is 16.2 Å². The lowest BCUT2D eigenvalue weighted by Gasteiger charge is -2.25. The number of hydrogen-bond donors (Lipinski definition) is 2. The third kappa shape index (κ3) is 4.41. The summed E-state index contributed by atoms with van der Waals surface area (Å²) < 4.78 is 33.8. The number of aliphatic hydroxyl groups excluding tert-OH is 1. The summed E-state index contributed by atoms with van der Waals surface area (Å²) in [5, 5.41) is 25.1. The van der Waals surface area contributed by atoms with Crippen molar-refractivity contribution in [3.8, 4) is 17.0 Å². The molecule has 0 radical (unpaired) electrons. The molecule has 32 heavy (non-hydrogen) atoms. The van der Waals surface area contributed by atoms with E-state index in [1.807, 2.05) is 6.92 Å². The van der Waals surface area contributed by atoms with Crippen molar-refractivity contribution in [2.75, 3.05) is 12.9 Å². The molecule has 2 heterocycles. The average Bonchev–Trinajstić information content (AvgIpc) is 3.26. The molecule has 0 bridgehead atoms. The lowest BCUT2D eigenvalue weighted by atomic mass is 9.89. The Kier molecular flexibility index (Phi) is 6.08. The zero-order valence-electron chi connectivity index (χ0n) is 18.7. The Labute approximate surface area is 191 Å². The van der Waals surface area contributed by atoms with Crippen molar-refractivity contribution in [3.63, 3.8) is 0 Å². The number of rotatable bonds is 6. The summed E-state index contributed by atoms with van der Waals surface area (Å²) in [7, 11) is -2.15. The van der Waals surface area contributed by atoms with Gasteiger partial charge in [0.2, 0.25) is 4.96 Å². The maximum Gasteiger partial charge on any atom is 0.213 e. The first-order valence-electron chi connectivity index (χ1n) is 10.7. The van der Waals surface area contributed by atoms with E-state index in [2.05, 4.69) is 10.1 Å². The molecule has 8 nitrogen and oxygen atoms in total. The van der Waals surface area contributed by atoms with Crippen molar-refractivity contribution in [2.24, 2.45) is 5.92 Å². The molecule has 2 N–H and O–H groups in total. The van der Waals surface area contributed by atoms with Crippen molar-refractivity contribution in [2.45, 2.75) is 63.1 Å². The van der Waals surface area contributed by atoms with Crippen LogP contribution in [0.15, 0.2) is 23.1 Å². The van der Waals surface area contributed by atoms with E-state index in [4.69, 9.17) is 4.74 Å². The van der Waals surface area contributed by atoms with Gasteiger partial charge in [0, 0.05) is 5.56 Å². The fraction of sp³-hybridized carbons (Fsp3) is 0.545. The molecule has 174 valence electrons. The predicted octanol–water partition coefficient (Wildman–Crippen LogP) is 3.33. The fourth-order valence-electron chi connectivity index (χ4n) is 4.21. The van der Waals surface area contributed by atoms with Crippen LogP contribution in [0.3, 0.4) is 0 Å². The monoisotopic (exact) mass is 479 g/mol. The number of aromatic nitrogens is 3. The molecule has 1 saturated carbocycles. The summed E-state index contributed by atoms with van der Waals surface area (Å²) in [5.74, 6) is 0.353. The van der Waals surface area contributed by atoms with Gasteiger partial charge in [-0.1, -0.05) is 11.3 Å². The highest BCUT2D eigenvalue weighted by atomic mass is 32.2. The number of methoxy groups -OCH3 is 1. The van der Waals surface area contributed by atoms with Gasteiger partial charge < -0.3 is 14.9 Å². The number of nitrogens with zero attached hydrogens (tertiary/aromatic N) is 3. The number of hydrogen-bond acceptors (Lipinski definition) is 8. The molecular weight excluding hydrogens is 450 g/mol. The Morgan fingerprint density at radius 3 is 2.56 bits per heavy atom. The molecule has 3 aromatic rings. The second-order valence-corrected chi connectivity index (χ2v) is 12.0. The molecular formula is C22H29N3O5S2. The van der Waals surface area contributed by atoms with Crippen LogP contribution < -0.4 is 4.74 Å². The van der Waals surface area contributed by atoms with Crippen LogP contribution in [0, 0.1) is 12.8 Å². The topological polar surface area (TPSA) is 114 Å². The Bertz CT molecular complexity index is 1230. The Morgan fingerprint density at radius 2 is 1.94 bits per heavy atom. The molecule has 0 spiro atoms. The van der Waals surface area contributed by atoms with Gasteiger partial charge in [0.25, 0.3) is 0 Å². The molecule has 0 amide bonds. The molecule has 2 aromatic heterocycles. The second-order valence-electron chi connectivity index (χ2n) is 9.03. The number of ether oxygens (including phenoxy) is 1. The van der Waals surface area contributed by atoms with E-state index < -0.39 is 15.4 Å². The standard InChI is InChI=1S/C22H29N3O5S2/c1-13-19(25-21(23-13)31-20(24-25)22(2,3)27)15-7-10-17(30-4)18(11-15)32(28,29)12-14-5-8-16(26)9-6-14/h7,10-11,14,16,26-27H,5-6,8-9,12H2,1-4H3. The highest BCUT2D eigenvalue weighted by Gasteiger charge is 2.29. The van der Waals surface area contributed by atoms with Crippen LogP contribution in [0.4, 0.5) is 0 Å². The highest BCUT2D eigenvalue weighted by molar-refractivity contribution is 7.91. The summed E-state index contributed by atoms with van der Waals surface area (Å²) in [6.45, 7) is 5.19. The van der Waals surface area contributed by atoms with E-state index in [0.29, 0.717) is 52.7 Å². The normalized spacial score (nSPS) is 20.1.